The first-order valence-electron chi connectivity index (χ1n) is 8.76. The van der Waals surface area contributed by atoms with Crippen molar-refractivity contribution in [3.8, 4) is 0 Å². The zero-order valence-electron chi connectivity index (χ0n) is 16.3. The zero-order chi connectivity index (χ0) is 21.9. The van der Waals surface area contributed by atoms with Crippen molar-refractivity contribution in [2.75, 3.05) is 14.1 Å². The smallest absolute Gasteiger partial charge is 0.245 e. The largest absolute Gasteiger partial charge is 0.468 e. The zero-order valence-corrected chi connectivity index (χ0v) is 18.7. The maximum atomic E-state index is 13.2. The molecule has 160 valence electrons. The number of hydrogen-bond acceptors (Lipinski definition) is 6. The Labute approximate surface area is 180 Å². The van der Waals surface area contributed by atoms with Crippen LogP contribution in [-0.4, -0.2) is 44.5 Å². The molecule has 8 nitrogen and oxygen atoms in total. The number of furan rings is 1. The van der Waals surface area contributed by atoms with Crippen molar-refractivity contribution in [1.29, 1.82) is 0 Å². The Bertz CT molecular complexity index is 1210. The highest BCUT2D eigenvalue weighted by Gasteiger charge is 2.27. The van der Waals surface area contributed by atoms with Crippen LogP contribution in [0.3, 0.4) is 0 Å². The molecule has 3 rings (SSSR count). The van der Waals surface area contributed by atoms with E-state index in [1.807, 2.05) is 0 Å². The van der Waals surface area contributed by atoms with Gasteiger partial charge in [0, 0.05) is 26.8 Å². The van der Waals surface area contributed by atoms with Crippen LogP contribution in [0.5, 0.6) is 0 Å². The van der Waals surface area contributed by atoms with E-state index in [4.69, 9.17) is 16.0 Å². The Kier molecular flexibility index (Phi) is 6.63. The third-order valence-electron chi connectivity index (χ3n) is 4.29. The lowest BCUT2D eigenvalue weighted by Gasteiger charge is -2.22. The van der Waals surface area contributed by atoms with Crippen molar-refractivity contribution < 1.29 is 21.3 Å². The van der Waals surface area contributed by atoms with E-state index in [0.717, 1.165) is 4.31 Å². The summed E-state index contributed by atoms with van der Waals surface area (Å²) in [5.41, 5.74) is 0.509. The number of pyridine rings is 1. The fourth-order valence-corrected chi connectivity index (χ4v) is 5.11. The van der Waals surface area contributed by atoms with Gasteiger partial charge in [0.1, 0.15) is 15.8 Å². The van der Waals surface area contributed by atoms with Gasteiger partial charge >= 0.3 is 0 Å². The van der Waals surface area contributed by atoms with E-state index in [0.29, 0.717) is 11.3 Å². The molecule has 0 bridgehead atoms. The van der Waals surface area contributed by atoms with E-state index in [1.165, 1.54) is 55.1 Å². The molecule has 2 heterocycles. The van der Waals surface area contributed by atoms with Gasteiger partial charge in [-0.1, -0.05) is 23.7 Å². The predicted octanol–water partition coefficient (Wildman–Crippen LogP) is 2.97. The molecule has 0 aliphatic rings. The molecule has 0 saturated heterocycles. The SMILES string of the molecule is CN(C)S(=O)(=O)c1cccc(CN(Cc2ccco2)S(=O)(=O)c2ccc(Cl)nc2)c1. The number of aromatic nitrogens is 1. The third kappa shape index (κ3) is 4.90. The molecule has 0 aliphatic heterocycles. The van der Waals surface area contributed by atoms with Crippen LogP contribution in [0.15, 0.2) is 75.2 Å². The Morgan fingerprint density at radius 3 is 2.30 bits per heavy atom. The quantitative estimate of drug-likeness (QED) is 0.470. The molecule has 0 N–H and O–H groups in total. The highest BCUT2D eigenvalue weighted by atomic mass is 35.5. The van der Waals surface area contributed by atoms with Gasteiger partial charge in [-0.25, -0.2) is 26.1 Å². The van der Waals surface area contributed by atoms with Gasteiger partial charge < -0.3 is 4.42 Å². The second-order valence-electron chi connectivity index (χ2n) is 6.60. The lowest BCUT2D eigenvalue weighted by Crippen LogP contribution is -2.30. The number of hydrogen-bond donors (Lipinski definition) is 0. The summed E-state index contributed by atoms with van der Waals surface area (Å²) in [6.45, 7) is -0.106. The molecule has 0 aliphatic carbocycles. The van der Waals surface area contributed by atoms with Crippen molar-refractivity contribution in [1.82, 2.24) is 13.6 Å². The molecule has 0 atom stereocenters. The Balaban J connectivity index is 1.99. The van der Waals surface area contributed by atoms with Gasteiger partial charge in [-0.05, 0) is 42.0 Å². The summed E-state index contributed by atoms with van der Waals surface area (Å²) in [6, 6.07) is 12.3. The number of nitrogens with zero attached hydrogens (tertiary/aromatic N) is 3. The molecule has 2 aromatic heterocycles. The summed E-state index contributed by atoms with van der Waals surface area (Å²) in [7, 11) is -4.75. The summed E-state index contributed by atoms with van der Waals surface area (Å²) >= 11 is 5.78. The van der Waals surface area contributed by atoms with E-state index in [2.05, 4.69) is 4.98 Å². The van der Waals surface area contributed by atoms with Gasteiger partial charge in [-0.2, -0.15) is 4.31 Å². The van der Waals surface area contributed by atoms with Crippen LogP contribution in [0.2, 0.25) is 5.15 Å². The maximum Gasteiger partial charge on any atom is 0.245 e. The molecule has 0 radical (unpaired) electrons. The van der Waals surface area contributed by atoms with Gasteiger partial charge in [0.05, 0.1) is 17.7 Å². The van der Waals surface area contributed by atoms with Crippen LogP contribution in [0, 0.1) is 0 Å². The van der Waals surface area contributed by atoms with E-state index < -0.39 is 20.0 Å². The first-order chi connectivity index (χ1) is 14.1. The predicted molar refractivity (Wildman–Crippen MR) is 112 cm³/mol. The van der Waals surface area contributed by atoms with Crippen LogP contribution in [0.25, 0.3) is 0 Å². The third-order valence-corrected chi connectivity index (χ3v) is 8.10. The van der Waals surface area contributed by atoms with E-state index >= 15 is 0 Å². The molecule has 1 aromatic carbocycles. The van der Waals surface area contributed by atoms with Crippen molar-refractivity contribution in [2.45, 2.75) is 22.9 Å². The van der Waals surface area contributed by atoms with Crippen molar-refractivity contribution in [3.05, 3.63) is 77.5 Å². The standard InChI is InChI=1S/C19H20ClN3O5S2/c1-22(2)29(24,25)17-7-3-5-15(11-17)13-23(14-16-6-4-10-28-16)30(26,27)18-8-9-19(20)21-12-18/h3-12H,13-14H2,1-2H3. The van der Waals surface area contributed by atoms with Crippen LogP contribution in [-0.2, 0) is 33.1 Å². The lowest BCUT2D eigenvalue weighted by molar-refractivity contribution is 0.358. The Hall–Kier alpha value is -2.24. The molecule has 0 amide bonds. The number of benzene rings is 1. The molecule has 0 unspecified atom stereocenters. The molecule has 11 heteroatoms. The summed E-state index contributed by atoms with van der Waals surface area (Å²) in [4.78, 5) is 3.89. The Morgan fingerprint density at radius 1 is 0.933 bits per heavy atom. The molecule has 0 spiro atoms. The lowest BCUT2D eigenvalue weighted by atomic mass is 10.2. The average molecular weight is 470 g/mol. The van der Waals surface area contributed by atoms with Gasteiger partial charge in [0.15, 0.2) is 0 Å². The minimum Gasteiger partial charge on any atom is -0.468 e. The highest BCUT2D eigenvalue weighted by molar-refractivity contribution is 7.89. The maximum absolute atomic E-state index is 13.2. The van der Waals surface area contributed by atoms with Crippen LogP contribution in [0.1, 0.15) is 11.3 Å². The Morgan fingerprint density at radius 2 is 1.70 bits per heavy atom. The summed E-state index contributed by atoms with van der Waals surface area (Å²) in [6.07, 6.45) is 2.63. The van der Waals surface area contributed by atoms with Crippen molar-refractivity contribution >= 4 is 31.6 Å². The second-order valence-corrected chi connectivity index (χ2v) is 11.1. The average Bonchev–Trinajstić information content (AvgIpc) is 3.21. The number of rotatable bonds is 8. The van der Waals surface area contributed by atoms with Gasteiger partial charge in [-0.3, -0.25) is 0 Å². The van der Waals surface area contributed by atoms with Crippen molar-refractivity contribution in [3.63, 3.8) is 0 Å². The van der Waals surface area contributed by atoms with Gasteiger partial charge in [0.2, 0.25) is 20.0 Å². The fraction of sp³-hybridized carbons (Fsp3) is 0.211. The molecular weight excluding hydrogens is 450 g/mol. The number of halogens is 1. The first kappa shape index (κ1) is 22.4. The van der Waals surface area contributed by atoms with Gasteiger partial charge in [-0.15, -0.1) is 0 Å². The minimum absolute atomic E-state index is 0.0319. The summed E-state index contributed by atoms with van der Waals surface area (Å²) in [5, 5.41) is 0.174. The highest BCUT2D eigenvalue weighted by Crippen LogP contribution is 2.23. The van der Waals surface area contributed by atoms with E-state index in [-0.39, 0.29) is 28.0 Å². The molecular formula is C19H20ClN3O5S2. The van der Waals surface area contributed by atoms with Crippen LogP contribution < -0.4 is 0 Å². The topological polar surface area (TPSA) is 101 Å². The molecule has 3 aromatic rings. The van der Waals surface area contributed by atoms with Crippen LogP contribution in [0.4, 0.5) is 0 Å². The monoisotopic (exact) mass is 469 g/mol. The van der Waals surface area contributed by atoms with Crippen molar-refractivity contribution in [2.24, 2.45) is 0 Å². The molecule has 0 saturated carbocycles. The summed E-state index contributed by atoms with van der Waals surface area (Å²) in [5.74, 6) is 0.442. The minimum atomic E-state index is -3.96. The number of sulfonamides is 2. The van der Waals surface area contributed by atoms with Gasteiger partial charge in [0.25, 0.3) is 0 Å². The second kappa shape index (κ2) is 8.86. The molecule has 30 heavy (non-hydrogen) atoms. The van der Waals surface area contributed by atoms with Crippen LogP contribution >= 0.6 is 11.6 Å². The normalized spacial score (nSPS) is 12.6. The summed E-state index contributed by atoms with van der Waals surface area (Å²) < 4.78 is 59.0. The first-order valence-corrected chi connectivity index (χ1v) is 12.0. The van der Waals surface area contributed by atoms with E-state index in [1.54, 1.807) is 24.3 Å². The molecule has 0 fully saturated rings. The van der Waals surface area contributed by atoms with E-state index in [9.17, 15) is 16.8 Å². The fourth-order valence-electron chi connectivity index (χ4n) is 2.68.